The van der Waals surface area contributed by atoms with E-state index in [1.165, 1.54) is 28.0 Å². The van der Waals surface area contributed by atoms with E-state index in [0.717, 1.165) is 45.6 Å². The molecule has 1 aromatic rings. The standard InChI is InChI=1S/C19H28ClFN4O2/c1-3-4-7-22-18(26)13-24-8-10-25(11-9-24)14(2)19(27)23-17-6-5-15(21)12-16(17)20/h5-6,12,14H,3-4,7-11,13H2,1-2H3,(H,22,26)(H,23,27)/p+2/t14-/m1/s1. The molecule has 1 fully saturated rings. The summed E-state index contributed by atoms with van der Waals surface area (Å²) in [6.07, 6.45) is 2.07. The highest BCUT2D eigenvalue weighted by atomic mass is 35.5. The molecule has 1 saturated heterocycles. The molecule has 2 amide bonds. The fourth-order valence-corrected chi connectivity index (χ4v) is 3.46. The number of rotatable bonds is 8. The Morgan fingerprint density at radius 2 is 1.96 bits per heavy atom. The van der Waals surface area contributed by atoms with Gasteiger partial charge in [0.25, 0.3) is 11.8 Å². The number of quaternary nitrogens is 2. The highest BCUT2D eigenvalue weighted by Gasteiger charge is 2.31. The molecule has 1 aliphatic rings. The van der Waals surface area contributed by atoms with Crippen molar-refractivity contribution in [2.24, 2.45) is 0 Å². The summed E-state index contributed by atoms with van der Waals surface area (Å²) < 4.78 is 13.1. The molecule has 0 aromatic heterocycles. The largest absolute Gasteiger partial charge is 0.351 e. The molecule has 8 heteroatoms. The van der Waals surface area contributed by atoms with Crippen LogP contribution in [0.4, 0.5) is 10.1 Å². The van der Waals surface area contributed by atoms with Gasteiger partial charge in [0.1, 0.15) is 32.0 Å². The van der Waals surface area contributed by atoms with Gasteiger partial charge in [0.05, 0.1) is 10.7 Å². The number of hydrogen-bond acceptors (Lipinski definition) is 2. The van der Waals surface area contributed by atoms with Crippen LogP contribution in [0, 0.1) is 5.82 Å². The maximum absolute atomic E-state index is 13.1. The predicted molar refractivity (Wildman–Crippen MR) is 104 cm³/mol. The van der Waals surface area contributed by atoms with E-state index < -0.39 is 5.82 Å². The molecule has 0 aliphatic carbocycles. The van der Waals surface area contributed by atoms with Crippen molar-refractivity contribution in [1.82, 2.24) is 5.32 Å². The highest BCUT2D eigenvalue weighted by molar-refractivity contribution is 6.33. The Bertz CT molecular complexity index is 651. The minimum Gasteiger partial charge on any atom is -0.351 e. The van der Waals surface area contributed by atoms with Gasteiger partial charge in [0.2, 0.25) is 0 Å². The zero-order chi connectivity index (χ0) is 19.8. The second kappa shape index (κ2) is 10.6. The highest BCUT2D eigenvalue weighted by Crippen LogP contribution is 2.22. The number of unbranched alkanes of at least 4 members (excludes halogenated alkanes) is 1. The summed E-state index contributed by atoms with van der Waals surface area (Å²) in [4.78, 5) is 26.9. The number of carbonyl (C=O) groups excluding carboxylic acids is 2. The number of carbonyl (C=O) groups is 2. The second-order valence-corrected chi connectivity index (χ2v) is 7.53. The van der Waals surface area contributed by atoms with Crippen LogP contribution in [-0.4, -0.2) is 57.1 Å². The van der Waals surface area contributed by atoms with Crippen LogP contribution in [0.25, 0.3) is 0 Å². The van der Waals surface area contributed by atoms with Crippen LogP contribution in [0.15, 0.2) is 18.2 Å². The fraction of sp³-hybridized carbons (Fsp3) is 0.579. The van der Waals surface area contributed by atoms with E-state index in [2.05, 4.69) is 17.6 Å². The van der Waals surface area contributed by atoms with Crippen molar-refractivity contribution >= 4 is 29.1 Å². The SMILES string of the molecule is CCCCNC(=O)C[NH+]1CC[NH+]([C@H](C)C(=O)Nc2ccc(F)cc2Cl)CC1. The lowest BCUT2D eigenvalue weighted by Gasteiger charge is -2.32. The van der Waals surface area contributed by atoms with Crippen LogP contribution >= 0.6 is 11.6 Å². The molecule has 1 aliphatic heterocycles. The van der Waals surface area contributed by atoms with Crippen molar-refractivity contribution in [3.63, 3.8) is 0 Å². The van der Waals surface area contributed by atoms with E-state index in [0.29, 0.717) is 12.2 Å². The minimum atomic E-state index is -0.436. The predicted octanol–water partition coefficient (Wildman–Crippen LogP) is -0.494. The molecule has 2 rings (SSSR count). The van der Waals surface area contributed by atoms with Crippen molar-refractivity contribution in [3.05, 3.63) is 29.0 Å². The van der Waals surface area contributed by atoms with E-state index in [-0.39, 0.29) is 22.9 Å². The van der Waals surface area contributed by atoms with E-state index in [9.17, 15) is 14.0 Å². The zero-order valence-electron chi connectivity index (χ0n) is 16.0. The fourth-order valence-electron chi connectivity index (χ4n) is 3.25. The normalized spacial score (nSPS) is 20.7. The van der Waals surface area contributed by atoms with Crippen molar-refractivity contribution in [3.8, 4) is 0 Å². The average Bonchev–Trinajstić information content (AvgIpc) is 2.64. The summed E-state index contributed by atoms with van der Waals surface area (Å²) in [5, 5.41) is 5.92. The first-order valence-electron chi connectivity index (χ1n) is 9.61. The molecule has 150 valence electrons. The quantitative estimate of drug-likeness (QED) is 0.445. The molecule has 0 bridgehead atoms. The van der Waals surface area contributed by atoms with Crippen molar-refractivity contribution in [2.45, 2.75) is 32.7 Å². The molecule has 27 heavy (non-hydrogen) atoms. The molecule has 4 N–H and O–H groups in total. The van der Waals surface area contributed by atoms with Gasteiger partial charge in [-0.25, -0.2) is 4.39 Å². The van der Waals surface area contributed by atoms with E-state index in [1.807, 2.05) is 6.92 Å². The van der Waals surface area contributed by atoms with Gasteiger partial charge in [-0.05, 0) is 31.5 Å². The lowest BCUT2D eigenvalue weighted by Crippen LogP contribution is -3.30. The van der Waals surface area contributed by atoms with Crippen molar-refractivity contribution < 1.29 is 23.8 Å². The minimum absolute atomic E-state index is 0.0960. The Labute approximate surface area is 165 Å². The molecular formula is C19H30ClFN4O2+2. The molecule has 0 saturated carbocycles. The summed E-state index contributed by atoms with van der Waals surface area (Å²) in [6, 6.07) is 3.68. The van der Waals surface area contributed by atoms with Gasteiger partial charge >= 0.3 is 0 Å². The Balaban J connectivity index is 1.77. The molecule has 1 heterocycles. The smallest absolute Gasteiger partial charge is 0.282 e. The van der Waals surface area contributed by atoms with Gasteiger partial charge in [0, 0.05) is 6.54 Å². The number of benzene rings is 1. The van der Waals surface area contributed by atoms with Crippen molar-refractivity contribution in [1.29, 1.82) is 0 Å². The number of piperazine rings is 1. The first-order valence-corrected chi connectivity index (χ1v) is 9.99. The maximum atomic E-state index is 13.1. The van der Waals surface area contributed by atoms with E-state index in [1.54, 1.807) is 0 Å². The summed E-state index contributed by atoms with van der Waals surface area (Å²) in [7, 11) is 0. The zero-order valence-corrected chi connectivity index (χ0v) is 16.8. The van der Waals surface area contributed by atoms with Crippen LogP contribution in [0.2, 0.25) is 5.02 Å². The lowest BCUT2D eigenvalue weighted by atomic mass is 10.2. The van der Waals surface area contributed by atoms with Gasteiger partial charge in [-0.3, -0.25) is 9.59 Å². The summed E-state index contributed by atoms with van der Waals surface area (Å²) >= 11 is 5.97. The van der Waals surface area contributed by atoms with Gasteiger partial charge < -0.3 is 20.4 Å². The third-order valence-electron chi connectivity index (χ3n) is 5.06. The third-order valence-corrected chi connectivity index (χ3v) is 5.37. The molecule has 0 spiro atoms. The summed E-state index contributed by atoms with van der Waals surface area (Å²) in [6.45, 7) is 8.56. The number of amides is 2. The van der Waals surface area contributed by atoms with Crippen LogP contribution in [0.5, 0.6) is 0 Å². The Morgan fingerprint density at radius 1 is 1.26 bits per heavy atom. The molecule has 1 aromatic carbocycles. The topological polar surface area (TPSA) is 67.1 Å². The second-order valence-electron chi connectivity index (χ2n) is 7.12. The van der Waals surface area contributed by atoms with E-state index in [4.69, 9.17) is 11.6 Å². The number of halogens is 2. The first kappa shape index (κ1) is 21.6. The molecule has 0 unspecified atom stereocenters. The Hall–Kier alpha value is -1.70. The molecular weight excluding hydrogens is 371 g/mol. The molecule has 0 radical (unpaired) electrons. The number of anilines is 1. The van der Waals surface area contributed by atoms with Crippen LogP contribution < -0.4 is 20.4 Å². The summed E-state index contributed by atoms with van der Waals surface area (Å²) in [5.41, 5.74) is 0.419. The molecule has 1 atom stereocenters. The van der Waals surface area contributed by atoms with Gasteiger partial charge in [-0.1, -0.05) is 24.9 Å². The average molecular weight is 401 g/mol. The third kappa shape index (κ3) is 6.75. The monoisotopic (exact) mass is 400 g/mol. The Morgan fingerprint density at radius 3 is 2.59 bits per heavy atom. The summed E-state index contributed by atoms with van der Waals surface area (Å²) in [5.74, 6) is -0.479. The maximum Gasteiger partial charge on any atom is 0.282 e. The first-order chi connectivity index (χ1) is 12.9. The van der Waals surface area contributed by atoms with Gasteiger partial charge in [-0.2, -0.15) is 0 Å². The van der Waals surface area contributed by atoms with Crippen LogP contribution in [0.3, 0.4) is 0 Å². The van der Waals surface area contributed by atoms with Gasteiger partial charge in [0.15, 0.2) is 12.6 Å². The van der Waals surface area contributed by atoms with Crippen molar-refractivity contribution in [2.75, 3.05) is 44.6 Å². The Kier molecular flexibility index (Phi) is 8.47. The molecule has 6 nitrogen and oxygen atoms in total. The van der Waals surface area contributed by atoms with Crippen LogP contribution in [0.1, 0.15) is 26.7 Å². The number of hydrogen-bond donors (Lipinski definition) is 4. The lowest BCUT2D eigenvalue weighted by molar-refractivity contribution is -1.01. The van der Waals surface area contributed by atoms with Crippen LogP contribution in [-0.2, 0) is 9.59 Å². The number of nitrogens with one attached hydrogen (secondary N) is 4. The van der Waals surface area contributed by atoms with Gasteiger partial charge in [-0.15, -0.1) is 0 Å². The van der Waals surface area contributed by atoms with E-state index >= 15 is 0 Å².